The van der Waals surface area contributed by atoms with Crippen LogP contribution in [0.2, 0.25) is 5.02 Å². The van der Waals surface area contributed by atoms with Crippen LogP contribution in [0.5, 0.6) is 5.75 Å². The number of nitrogens with zero attached hydrogens (tertiary/aromatic N) is 2. The minimum atomic E-state index is 0.0691. The van der Waals surface area contributed by atoms with E-state index in [1.807, 2.05) is 67.6 Å². The van der Waals surface area contributed by atoms with Gasteiger partial charge in [0.2, 0.25) is 5.89 Å². The predicted octanol–water partition coefficient (Wildman–Crippen LogP) is 6.58. The number of hydrogen-bond acceptors (Lipinski definition) is 4. The Hall–Kier alpha value is -3.37. The van der Waals surface area contributed by atoms with Crippen molar-refractivity contribution in [2.24, 2.45) is 4.99 Å². The Kier molecular flexibility index (Phi) is 4.96. The molecule has 1 aromatic heterocycles. The third kappa shape index (κ3) is 3.97. The summed E-state index contributed by atoms with van der Waals surface area (Å²) in [4.78, 5) is 8.80. The molecule has 1 N–H and O–H groups in total. The molecule has 0 saturated heterocycles. The van der Waals surface area contributed by atoms with Crippen LogP contribution in [0.3, 0.4) is 0 Å². The fourth-order valence-corrected chi connectivity index (χ4v) is 2.92. The molecule has 0 aliphatic carbocycles. The van der Waals surface area contributed by atoms with Crippen LogP contribution in [0.25, 0.3) is 28.6 Å². The fraction of sp³-hybridized carbons (Fsp3) is 0.0435. The van der Waals surface area contributed by atoms with Crippen molar-refractivity contribution in [3.63, 3.8) is 0 Å². The van der Waals surface area contributed by atoms with Gasteiger partial charge in [-0.3, -0.25) is 4.99 Å². The Morgan fingerprint density at radius 3 is 2.64 bits per heavy atom. The molecular weight excluding hydrogens is 372 g/mol. The van der Waals surface area contributed by atoms with Gasteiger partial charge in [0.1, 0.15) is 11.3 Å². The minimum absolute atomic E-state index is 0.0691. The summed E-state index contributed by atoms with van der Waals surface area (Å²) in [5, 5.41) is 11.1. The van der Waals surface area contributed by atoms with Crippen molar-refractivity contribution in [3.8, 4) is 17.2 Å². The van der Waals surface area contributed by atoms with Crippen molar-refractivity contribution < 1.29 is 9.52 Å². The molecule has 1 heterocycles. The van der Waals surface area contributed by atoms with E-state index < -0.39 is 0 Å². The van der Waals surface area contributed by atoms with Crippen LogP contribution in [0.4, 0.5) is 5.69 Å². The number of aromatic nitrogens is 1. The van der Waals surface area contributed by atoms with E-state index in [0.717, 1.165) is 16.6 Å². The number of aromatic hydroxyl groups is 1. The summed E-state index contributed by atoms with van der Waals surface area (Å²) < 4.78 is 5.76. The summed E-state index contributed by atoms with van der Waals surface area (Å²) in [6, 6.07) is 18.5. The number of fused-ring (bicyclic) bond motifs is 1. The normalized spacial score (nSPS) is 11.8. The van der Waals surface area contributed by atoms with Crippen molar-refractivity contribution in [2.45, 2.75) is 6.92 Å². The quantitative estimate of drug-likeness (QED) is 0.402. The third-order valence-electron chi connectivity index (χ3n) is 4.22. The maximum Gasteiger partial charge on any atom is 0.231 e. The standard InChI is InChI=1S/C23H17ClN2O2/c1-15-4-11-22-20(13-15)26-23(28-22)19-10-9-18(14-21(19)27)25-12-2-3-16-5-7-17(24)8-6-16/h2-14,27H,1H3/b3-2+,25-12?. The molecule has 0 bridgehead atoms. The van der Waals surface area contributed by atoms with E-state index >= 15 is 0 Å². The van der Waals surface area contributed by atoms with Gasteiger partial charge >= 0.3 is 0 Å². The van der Waals surface area contributed by atoms with Crippen molar-refractivity contribution in [1.82, 2.24) is 4.98 Å². The molecule has 28 heavy (non-hydrogen) atoms. The first-order valence-corrected chi connectivity index (χ1v) is 9.13. The molecule has 0 aliphatic rings. The highest BCUT2D eigenvalue weighted by molar-refractivity contribution is 6.30. The lowest BCUT2D eigenvalue weighted by Gasteiger charge is -2.01. The first kappa shape index (κ1) is 18.0. The molecule has 0 fully saturated rings. The number of benzene rings is 3. The largest absolute Gasteiger partial charge is 0.507 e. The maximum absolute atomic E-state index is 10.4. The number of phenolic OH excluding ortho intramolecular Hbond substituents is 1. The molecule has 5 heteroatoms. The lowest BCUT2D eigenvalue weighted by molar-refractivity contribution is 0.474. The summed E-state index contributed by atoms with van der Waals surface area (Å²) in [7, 11) is 0. The topological polar surface area (TPSA) is 58.6 Å². The molecule has 138 valence electrons. The molecule has 0 radical (unpaired) electrons. The number of halogens is 1. The number of rotatable bonds is 4. The van der Waals surface area contributed by atoms with E-state index in [4.69, 9.17) is 16.0 Å². The highest BCUT2D eigenvalue weighted by Gasteiger charge is 2.12. The highest BCUT2D eigenvalue weighted by Crippen LogP contribution is 2.33. The van der Waals surface area contributed by atoms with Gasteiger partial charge in [0.15, 0.2) is 5.58 Å². The van der Waals surface area contributed by atoms with Gasteiger partial charge in [-0.15, -0.1) is 0 Å². The van der Waals surface area contributed by atoms with Crippen LogP contribution in [0, 0.1) is 6.92 Å². The van der Waals surface area contributed by atoms with Gasteiger partial charge in [-0.1, -0.05) is 35.9 Å². The van der Waals surface area contributed by atoms with Crippen molar-refractivity contribution in [3.05, 3.63) is 82.9 Å². The number of aryl methyl sites for hydroxylation is 1. The third-order valence-corrected chi connectivity index (χ3v) is 4.48. The summed E-state index contributed by atoms with van der Waals surface area (Å²) in [6.07, 6.45) is 5.43. The Morgan fingerprint density at radius 1 is 1.04 bits per heavy atom. The molecule has 0 unspecified atom stereocenters. The Labute approximate surface area is 167 Å². The van der Waals surface area contributed by atoms with E-state index in [1.54, 1.807) is 18.3 Å². The SMILES string of the molecule is Cc1ccc2oc(-c3ccc(N=C/C=C/c4ccc(Cl)cc4)cc3O)nc2c1. The van der Waals surface area contributed by atoms with Crippen LogP contribution in [0.15, 0.2) is 76.1 Å². The van der Waals surface area contributed by atoms with E-state index in [0.29, 0.717) is 27.7 Å². The summed E-state index contributed by atoms with van der Waals surface area (Å²) in [5.41, 5.74) is 4.75. The van der Waals surface area contributed by atoms with Gasteiger partial charge in [0, 0.05) is 17.3 Å². The van der Waals surface area contributed by atoms with Crippen LogP contribution < -0.4 is 0 Å². The first-order chi connectivity index (χ1) is 13.6. The zero-order valence-corrected chi connectivity index (χ0v) is 15.9. The zero-order chi connectivity index (χ0) is 19.5. The molecule has 0 spiro atoms. The monoisotopic (exact) mass is 388 g/mol. The number of phenols is 1. The molecule has 4 nitrogen and oxygen atoms in total. The second-order valence-corrected chi connectivity index (χ2v) is 6.82. The Bertz CT molecular complexity index is 1190. The molecule has 0 amide bonds. The van der Waals surface area contributed by atoms with E-state index in [1.165, 1.54) is 0 Å². The molecular formula is C23H17ClN2O2. The first-order valence-electron chi connectivity index (χ1n) is 8.75. The molecule has 0 aliphatic heterocycles. The Balaban J connectivity index is 1.52. The fourth-order valence-electron chi connectivity index (χ4n) is 2.79. The van der Waals surface area contributed by atoms with Gasteiger partial charge in [-0.2, -0.15) is 0 Å². The lowest BCUT2D eigenvalue weighted by Crippen LogP contribution is -1.79. The van der Waals surface area contributed by atoms with Crippen LogP contribution in [-0.4, -0.2) is 16.3 Å². The van der Waals surface area contributed by atoms with Gasteiger partial charge in [-0.25, -0.2) is 4.98 Å². The van der Waals surface area contributed by atoms with Crippen molar-refractivity contribution >= 4 is 40.7 Å². The van der Waals surface area contributed by atoms with E-state index in [-0.39, 0.29) is 5.75 Å². The lowest BCUT2D eigenvalue weighted by atomic mass is 10.2. The number of allylic oxidation sites excluding steroid dienone is 1. The number of oxazole rings is 1. The molecule has 0 atom stereocenters. The summed E-state index contributed by atoms with van der Waals surface area (Å²) in [6.45, 7) is 2.00. The van der Waals surface area contributed by atoms with Gasteiger partial charge in [0.05, 0.1) is 11.3 Å². The second-order valence-electron chi connectivity index (χ2n) is 6.38. The minimum Gasteiger partial charge on any atom is -0.507 e. The average Bonchev–Trinajstić information content (AvgIpc) is 3.09. The predicted molar refractivity (Wildman–Crippen MR) is 114 cm³/mol. The highest BCUT2D eigenvalue weighted by atomic mass is 35.5. The smallest absolute Gasteiger partial charge is 0.231 e. The van der Waals surface area contributed by atoms with E-state index in [2.05, 4.69) is 9.98 Å². The van der Waals surface area contributed by atoms with Crippen LogP contribution in [-0.2, 0) is 0 Å². The maximum atomic E-state index is 10.4. The Morgan fingerprint density at radius 2 is 1.86 bits per heavy atom. The van der Waals surface area contributed by atoms with Crippen LogP contribution >= 0.6 is 11.6 Å². The molecule has 4 aromatic rings. The summed E-state index contributed by atoms with van der Waals surface area (Å²) in [5.74, 6) is 0.455. The second kappa shape index (κ2) is 7.71. The number of hydrogen-bond donors (Lipinski definition) is 1. The van der Waals surface area contributed by atoms with Gasteiger partial charge < -0.3 is 9.52 Å². The van der Waals surface area contributed by atoms with E-state index in [9.17, 15) is 5.11 Å². The molecule has 4 rings (SSSR count). The van der Waals surface area contributed by atoms with Crippen LogP contribution in [0.1, 0.15) is 11.1 Å². The number of aliphatic imine (C=N–C) groups is 1. The zero-order valence-electron chi connectivity index (χ0n) is 15.1. The average molecular weight is 389 g/mol. The van der Waals surface area contributed by atoms with Crippen molar-refractivity contribution in [2.75, 3.05) is 0 Å². The summed E-state index contributed by atoms with van der Waals surface area (Å²) >= 11 is 5.87. The molecule has 3 aromatic carbocycles. The van der Waals surface area contributed by atoms with Gasteiger partial charge in [0.25, 0.3) is 0 Å². The van der Waals surface area contributed by atoms with Crippen molar-refractivity contribution in [1.29, 1.82) is 0 Å². The van der Waals surface area contributed by atoms with Gasteiger partial charge in [-0.05, 0) is 60.5 Å². The molecule has 0 saturated carbocycles.